The first-order valence-corrected chi connectivity index (χ1v) is 16.7. The van der Waals surface area contributed by atoms with Crippen LogP contribution in [0.4, 0.5) is 0 Å². The SMILES string of the molecule is O=C1c2cccc3cccc(c23)C(=O)N1CCN1CCN(C[C@H](O)COc2ccc(C34CC5CC(CC(C5)C3)C4)cc2)CC1. The Morgan fingerprint density at radius 2 is 1.32 bits per heavy atom. The number of hydrogen-bond donors (Lipinski definition) is 1. The predicted molar refractivity (Wildman–Crippen MR) is 170 cm³/mol. The van der Waals surface area contributed by atoms with Crippen LogP contribution < -0.4 is 4.74 Å². The Morgan fingerprint density at radius 3 is 1.91 bits per heavy atom. The lowest BCUT2D eigenvalue weighted by molar-refractivity contribution is -0.00523. The van der Waals surface area contributed by atoms with Crippen LogP contribution in [0.2, 0.25) is 0 Å². The molecule has 9 rings (SSSR count). The van der Waals surface area contributed by atoms with E-state index in [1.54, 1.807) is 0 Å². The number of amides is 2. The van der Waals surface area contributed by atoms with Crippen molar-refractivity contribution in [2.75, 3.05) is 52.4 Å². The first-order valence-electron chi connectivity index (χ1n) is 16.7. The lowest BCUT2D eigenvalue weighted by atomic mass is 9.48. The van der Waals surface area contributed by atoms with Gasteiger partial charge in [-0.15, -0.1) is 0 Å². The molecule has 0 aromatic heterocycles. The fourth-order valence-corrected chi connectivity index (χ4v) is 9.63. The molecule has 230 valence electrons. The average Bonchev–Trinajstić information content (AvgIpc) is 3.03. The van der Waals surface area contributed by atoms with Crippen molar-refractivity contribution in [1.82, 2.24) is 14.7 Å². The van der Waals surface area contributed by atoms with Gasteiger partial charge in [-0.3, -0.25) is 24.3 Å². The topological polar surface area (TPSA) is 73.3 Å². The number of aliphatic hydroxyl groups excluding tert-OH is 1. The molecule has 4 bridgehead atoms. The summed E-state index contributed by atoms with van der Waals surface area (Å²) in [5.74, 6) is 3.23. The molecular formula is C37H43N3O4. The Labute approximate surface area is 259 Å². The lowest BCUT2D eigenvalue weighted by Crippen LogP contribution is -2.51. The molecule has 0 radical (unpaired) electrons. The van der Waals surface area contributed by atoms with Crippen molar-refractivity contribution in [2.24, 2.45) is 17.8 Å². The van der Waals surface area contributed by atoms with E-state index in [0.717, 1.165) is 60.5 Å². The van der Waals surface area contributed by atoms with E-state index >= 15 is 0 Å². The summed E-state index contributed by atoms with van der Waals surface area (Å²) in [6.07, 6.45) is 7.92. The summed E-state index contributed by atoms with van der Waals surface area (Å²) in [7, 11) is 0. The number of nitrogens with zero attached hydrogens (tertiary/aromatic N) is 3. The van der Waals surface area contributed by atoms with Crippen LogP contribution >= 0.6 is 0 Å². The average molecular weight is 594 g/mol. The molecule has 2 aliphatic heterocycles. The van der Waals surface area contributed by atoms with Crippen LogP contribution in [-0.2, 0) is 5.41 Å². The molecule has 2 heterocycles. The standard InChI is InChI=1S/C37H43N3O4/c41-30(24-44-31-9-7-29(8-10-31)37-20-25-17-26(21-37)19-27(18-25)22-37)23-39-13-11-38(12-14-39)15-16-40-35(42)32-5-1-3-28-4-2-6-33(34(28)32)36(40)43/h1-10,25-27,30,41H,11-24H2/t25?,26?,27?,30-,37?/m0/s1. The lowest BCUT2D eigenvalue weighted by Gasteiger charge is -2.57. The van der Waals surface area contributed by atoms with Crippen LogP contribution in [0, 0.1) is 17.8 Å². The number of β-amino-alcohol motifs (C(OH)–C–C–N with tert-alkyl or cyclic N) is 1. The Hall–Kier alpha value is -3.26. The minimum Gasteiger partial charge on any atom is -0.491 e. The largest absolute Gasteiger partial charge is 0.491 e. The molecule has 4 aliphatic carbocycles. The van der Waals surface area contributed by atoms with Crippen LogP contribution in [-0.4, -0.2) is 90.1 Å². The van der Waals surface area contributed by atoms with Crippen molar-refractivity contribution in [3.05, 3.63) is 77.4 Å². The molecule has 7 heteroatoms. The predicted octanol–water partition coefficient (Wildman–Crippen LogP) is 4.96. The summed E-state index contributed by atoms with van der Waals surface area (Å²) in [6.45, 7) is 5.22. The molecule has 2 amide bonds. The smallest absolute Gasteiger partial charge is 0.261 e. The Balaban J connectivity index is 0.790. The molecule has 3 aromatic carbocycles. The van der Waals surface area contributed by atoms with Crippen LogP contribution in [0.15, 0.2) is 60.7 Å². The molecule has 1 atom stereocenters. The maximum Gasteiger partial charge on any atom is 0.261 e. The highest BCUT2D eigenvalue weighted by atomic mass is 16.5. The second-order valence-electron chi connectivity index (χ2n) is 14.3. The highest BCUT2D eigenvalue weighted by Gasteiger charge is 2.51. The molecule has 0 spiro atoms. The quantitative estimate of drug-likeness (QED) is 0.354. The van der Waals surface area contributed by atoms with Gasteiger partial charge in [0.1, 0.15) is 18.5 Å². The van der Waals surface area contributed by atoms with E-state index in [-0.39, 0.29) is 18.4 Å². The first kappa shape index (κ1) is 28.2. The second kappa shape index (κ2) is 11.3. The van der Waals surface area contributed by atoms with E-state index in [1.807, 2.05) is 36.4 Å². The molecule has 6 aliphatic rings. The van der Waals surface area contributed by atoms with Gasteiger partial charge >= 0.3 is 0 Å². The molecule has 1 saturated heterocycles. The number of imide groups is 1. The zero-order valence-corrected chi connectivity index (χ0v) is 25.5. The minimum atomic E-state index is -0.559. The Morgan fingerprint density at radius 1 is 0.750 bits per heavy atom. The van der Waals surface area contributed by atoms with E-state index in [4.69, 9.17) is 4.74 Å². The number of ether oxygens (including phenoxy) is 1. The van der Waals surface area contributed by atoms with Crippen LogP contribution in [0.5, 0.6) is 5.75 Å². The zero-order chi connectivity index (χ0) is 29.8. The fourth-order valence-electron chi connectivity index (χ4n) is 9.63. The Kier molecular flexibility index (Phi) is 7.23. The third-order valence-electron chi connectivity index (χ3n) is 11.4. The van der Waals surface area contributed by atoms with Gasteiger partial charge in [-0.2, -0.15) is 0 Å². The summed E-state index contributed by atoms with van der Waals surface area (Å²) >= 11 is 0. The van der Waals surface area contributed by atoms with E-state index in [0.29, 0.717) is 36.2 Å². The second-order valence-corrected chi connectivity index (χ2v) is 14.3. The van der Waals surface area contributed by atoms with Crippen molar-refractivity contribution in [3.8, 4) is 5.75 Å². The maximum absolute atomic E-state index is 13.2. The van der Waals surface area contributed by atoms with Gasteiger partial charge in [0.05, 0.1) is 0 Å². The van der Waals surface area contributed by atoms with Crippen molar-refractivity contribution in [3.63, 3.8) is 0 Å². The van der Waals surface area contributed by atoms with Gasteiger partial charge in [-0.1, -0.05) is 36.4 Å². The molecule has 0 unspecified atom stereocenters. The number of benzene rings is 3. The highest BCUT2D eigenvalue weighted by molar-refractivity contribution is 6.25. The van der Waals surface area contributed by atoms with Crippen LogP contribution in [0.1, 0.15) is 64.8 Å². The van der Waals surface area contributed by atoms with Gasteiger partial charge in [0, 0.05) is 62.3 Å². The third-order valence-corrected chi connectivity index (χ3v) is 11.4. The molecular weight excluding hydrogens is 550 g/mol. The van der Waals surface area contributed by atoms with Gasteiger partial charge in [-0.25, -0.2) is 0 Å². The van der Waals surface area contributed by atoms with Gasteiger partial charge in [0.15, 0.2) is 0 Å². The van der Waals surface area contributed by atoms with Gasteiger partial charge < -0.3 is 9.84 Å². The van der Waals surface area contributed by atoms with Gasteiger partial charge in [0.2, 0.25) is 0 Å². The van der Waals surface area contributed by atoms with E-state index < -0.39 is 6.10 Å². The van der Waals surface area contributed by atoms with E-state index in [2.05, 4.69) is 34.1 Å². The Bertz CT molecular complexity index is 1470. The van der Waals surface area contributed by atoms with Crippen molar-refractivity contribution in [2.45, 2.75) is 50.0 Å². The maximum atomic E-state index is 13.2. The van der Waals surface area contributed by atoms with Crippen molar-refractivity contribution in [1.29, 1.82) is 0 Å². The number of aliphatic hydroxyl groups is 1. The van der Waals surface area contributed by atoms with E-state index in [1.165, 1.54) is 49.0 Å². The normalized spacial score (nSPS) is 29.0. The molecule has 7 nitrogen and oxygen atoms in total. The summed E-state index contributed by atoms with van der Waals surface area (Å²) in [5.41, 5.74) is 3.11. The number of hydrogen-bond acceptors (Lipinski definition) is 6. The monoisotopic (exact) mass is 593 g/mol. The highest BCUT2D eigenvalue weighted by Crippen LogP contribution is 2.60. The van der Waals surface area contributed by atoms with Crippen LogP contribution in [0.25, 0.3) is 10.8 Å². The number of rotatable bonds is 9. The fraction of sp³-hybridized carbons (Fsp3) is 0.514. The summed E-state index contributed by atoms with van der Waals surface area (Å²) in [6, 6.07) is 20.1. The molecule has 3 aromatic rings. The van der Waals surface area contributed by atoms with Crippen molar-refractivity contribution < 1.29 is 19.4 Å². The number of carbonyl (C=O) groups excluding carboxylic acids is 2. The van der Waals surface area contributed by atoms with Gasteiger partial charge in [0.25, 0.3) is 11.8 Å². The molecule has 5 fully saturated rings. The molecule has 44 heavy (non-hydrogen) atoms. The first-order chi connectivity index (χ1) is 21.4. The number of carbonyl (C=O) groups is 2. The minimum absolute atomic E-state index is 0.205. The summed E-state index contributed by atoms with van der Waals surface area (Å²) in [5, 5.41) is 12.4. The van der Waals surface area contributed by atoms with E-state index in [9.17, 15) is 14.7 Å². The van der Waals surface area contributed by atoms with Crippen molar-refractivity contribution >= 4 is 22.6 Å². The molecule has 4 saturated carbocycles. The van der Waals surface area contributed by atoms with Crippen LogP contribution in [0.3, 0.4) is 0 Å². The third kappa shape index (κ3) is 5.13. The van der Waals surface area contributed by atoms with Gasteiger partial charge in [-0.05, 0) is 96.9 Å². The summed E-state index contributed by atoms with van der Waals surface area (Å²) in [4.78, 5) is 32.4. The number of piperazine rings is 1. The summed E-state index contributed by atoms with van der Waals surface area (Å²) < 4.78 is 6.02. The molecule has 1 N–H and O–H groups in total. The zero-order valence-electron chi connectivity index (χ0n) is 25.5.